The smallest absolute Gasteiger partial charge is 0.300 e. The number of rotatable bonds is 6. The average molecular weight is 322 g/mol. The van der Waals surface area contributed by atoms with Crippen molar-refractivity contribution in [3.8, 4) is 0 Å². The number of hydrogen-bond acceptors (Lipinski definition) is 5. The largest absolute Gasteiger partial charge is 0.352 e. The van der Waals surface area contributed by atoms with Crippen LogP contribution < -0.4 is 10.5 Å². The van der Waals surface area contributed by atoms with Crippen molar-refractivity contribution in [2.75, 3.05) is 12.3 Å². The molecule has 1 rings (SSSR count). The zero-order valence-corrected chi connectivity index (χ0v) is 11.8. The molecule has 0 aliphatic rings. The number of carbonyl (C=O) groups excluding carboxylic acids is 1. The van der Waals surface area contributed by atoms with Gasteiger partial charge in [0.1, 0.15) is 10.6 Å². The number of hydrogen-bond donors (Lipinski definition) is 2. The van der Waals surface area contributed by atoms with Gasteiger partial charge in [-0.15, -0.1) is 0 Å². The summed E-state index contributed by atoms with van der Waals surface area (Å²) < 4.78 is 21.4. The van der Waals surface area contributed by atoms with Gasteiger partial charge in [-0.1, -0.05) is 17.7 Å². The number of amides is 1. The molecule has 20 heavy (non-hydrogen) atoms. The van der Waals surface area contributed by atoms with Crippen molar-refractivity contribution in [2.24, 2.45) is 5.14 Å². The molecule has 0 heterocycles. The lowest BCUT2D eigenvalue weighted by Gasteiger charge is -2.06. The molecule has 110 valence electrons. The van der Waals surface area contributed by atoms with Gasteiger partial charge < -0.3 is 5.32 Å². The van der Waals surface area contributed by atoms with E-state index < -0.39 is 26.5 Å². The molecule has 10 heteroatoms. The molecule has 0 unspecified atom stereocenters. The Bertz CT molecular complexity index is 632. The second-order valence-electron chi connectivity index (χ2n) is 3.87. The van der Waals surface area contributed by atoms with Crippen molar-refractivity contribution in [3.05, 3.63) is 38.9 Å². The van der Waals surface area contributed by atoms with Gasteiger partial charge in [0.25, 0.3) is 5.91 Å². The lowest BCUT2D eigenvalue weighted by atomic mass is 10.1. The van der Waals surface area contributed by atoms with Gasteiger partial charge in [0.2, 0.25) is 10.0 Å². The molecule has 0 aliphatic carbocycles. The molecule has 0 radical (unpaired) electrons. The van der Waals surface area contributed by atoms with Crippen LogP contribution in [0.2, 0.25) is 5.02 Å². The third kappa shape index (κ3) is 4.76. The van der Waals surface area contributed by atoms with E-state index in [1.165, 1.54) is 18.2 Å². The molecule has 0 fully saturated rings. The molecule has 8 nitrogen and oxygen atoms in total. The third-order valence-corrected chi connectivity index (χ3v) is 3.47. The molecular weight excluding hydrogens is 310 g/mol. The Morgan fingerprint density at radius 2 is 2.10 bits per heavy atom. The third-order valence-electron chi connectivity index (χ3n) is 2.31. The van der Waals surface area contributed by atoms with Crippen LogP contribution in [0.15, 0.2) is 18.2 Å². The molecule has 1 aromatic rings. The highest BCUT2D eigenvalue weighted by Crippen LogP contribution is 2.27. The molecule has 1 aromatic carbocycles. The highest BCUT2D eigenvalue weighted by atomic mass is 35.5. The van der Waals surface area contributed by atoms with Crippen LogP contribution in [0.3, 0.4) is 0 Å². The summed E-state index contributed by atoms with van der Waals surface area (Å²) in [6.07, 6.45) is 0.110. The molecular formula is C10H12ClN3O5S. The molecule has 0 spiro atoms. The van der Waals surface area contributed by atoms with E-state index in [2.05, 4.69) is 5.32 Å². The number of halogens is 1. The van der Waals surface area contributed by atoms with Gasteiger partial charge in [0.05, 0.1) is 10.7 Å². The van der Waals surface area contributed by atoms with Crippen LogP contribution in [0.4, 0.5) is 5.69 Å². The summed E-state index contributed by atoms with van der Waals surface area (Å²) in [5.74, 6) is -0.987. The number of primary sulfonamides is 1. The maximum atomic E-state index is 11.8. The topological polar surface area (TPSA) is 132 Å². The first kappa shape index (κ1) is 16.3. The SMILES string of the molecule is NS(=O)(=O)CCCNC(=O)c1cccc(Cl)c1[N+](=O)[O-]. The van der Waals surface area contributed by atoms with Crippen LogP contribution in [0, 0.1) is 10.1 Å². The normalized spacial score (nSPS) is 11.1. The Labute approximate surface area is 120 Å². The van der Waals surface area contributed by atoms with E-state index in [0.29, 0.717) is 0 Å². The van der Waals surface area contributed by atoms with Crippen molar-refractivity contribution >= 4 is 33.2 Å². The van der Waals surface area contributed by atoms with E-state index >= 15 is 0 Å². The standard InChI is InChI=1S/C10H12ClN3O5S/c11-8-4-1-3-7(9(8)14(16)17)10(15)13-5-2-6-20(12,18)19/h1,3-4H,2,5-6H2,(H,13,15)(H2,12,18,19). The number of nitro benzene ring substituents is 1. The van der Waals surface area contributed by atoms with Crippen molar-refractivity contribution in [1.82, 2.24) is 5.32 Å². The van der Waals surface area contributed by atoms with Gasteiger partial charge in [-0.2, -0.15) is 0 Å². The Hall–Kier alpha value is -1.71. The first-order valence-electron chi connectivity index (χ1n) is 5.44. The molecule has 0 aromatic heterocycles. The van der Waals surface area contributed by atoms with Gasteiger partial charge in [-0.25, -0.2) is 13.6 Å². The van der Waals surface area contributed by atoms with Gasteiger partial charge in [0, 0.05) is 6.54 Å². The zero-order valence-electron chi connectivity index (χ0n) is 10.2. The summed E-state index contributed by atoms with van der Waals surface area (Å²) >= 11 is 5.67. The van der Waals surface area contributed by atoms with Crippen LogP contribution in [-0.2, 0) is 10.0 Å². The minimum Gasteiger partial charge on any atom is -0.352 e. The Kier molecular flexibility index (Phi) is 5.43. The predicted molar refractivity (Wildman–Crippen MR) is 73.0 cm³/mol. The van der Waals surface area contributed by atoms with Gasteiger partial charge in [0.15, 0.2) is 0 Å². The monoisotopic (exact) mass is 321 g/mol. The number of nitrogens with two attached hydrogens (primary N) is 1. The van der Waals surface area contributed by atoms with Crippen LogP contribution in [0.1, 0.15) is 16.8 Å². The van der Waals surface area contributed by atoms with Crippen LogP contribution in [0.25, 0.3) is 0 Å². The van der Waals surface area contributed by atoms with E-state index in [4.69, 9.17) is 16.7 Å². The summed E-state index contributed by atoms with van der Waals surface area (Å²) in [7, 11) is -3.60. The minimum atomic E-state index is -3.60. The summed E-state index contributed by atoms with van der Waals surface area (Å²) in [4.78, 5) is 21.9. The van der Waals surface area contributed by atoms with Gasteiger partial charge in [-0.3, -0.25) is 14.9 Å². The number of para-hydroxylation sites is 1. The van der Waals surface area contributed by atoms with Crippen molar-refractivity contribution in [1.29, 1.82) is 0 Å². The van der Waals surface area contributed by atoms with Crippen LogP contribution in [0.5, 0.6) is 0 Å². The lowest BCUT2D eigenvalue weighted by Crippen LogP contribution is -2.27. The maximum absolute atomic E-state index is 11.8. The minimum absolute atomic E-state index is 0.0267. The number of nitro groups is 1. The highest BCUT2D eigenvalue weighted by molar-refractivity contribution is 7.89. The van der Waals surface area contributed by atoms with Crippen molar-refractivity contribution in [3.63, 3.8) is 0 Å². The quantitative estimate of drug-likeness (QED) is 0.451. The molecule has 0 saturated heterocycles. The molecule has 0 bridgehead atoms. The molecule has 3 N–H and O–H groups in total. The van der Waals surface area contributed by atoms with Crippen molar-refractivity contribution < 1.29 is 18.1 Å². The van der Waals surface area contributed by atoms with E-state index in [1.807, 2.05) is 0 Å². The second-order valence-corrected chi connectivity index (χ2v) is 6.01. The second kappa shape index (κ2) is 6.64. The average Bonchev–Trinajstić information content (AvgIpc) is 2.32. The van der Waals surface area contributed by atoms with E-state index in [-0.39, 0.29) is 29.3 Å². The molecule has 1 amide bonds. The summed E-state index contributed by atoms with van der Waals surface area (Å²) in [6, 6.07) is 3.98. The van der Waals surface area contributed by atoms with E-state index in [9.17, 15) is 23.3 Å². The Balaban J connectivity index is 2.74. The number of nitrogens with one attached hydrogen (secondary N) is 1. The Morgan fingerprint density at radius 3 is 2.65 bits per heavy atom. The maximum Gasteiger partial charge on any atom is 0.300 e. The number of carbonyl (C=O) groups is 1. The summed E-state index contributed by atoms with van der Waals surface area (Å²) in [5, 5.41) is 17.9. The Morgan fingerprint density at radius 1 is 1.45 bits per heavy atom. The summed E-state index contributed by atoms with van der Waals surface area (Å²) in [6.45, 7) is 0.0267. The fraction of sp³-hybridized carbons (Fsp3) is 0.300. The van der Waals surface area contributed by atoms with Crippen LogP contribution >= 0.6 is 11.6 Å². The molecule has 0 atom stereocenters. The van der Waals surface area contributed by atoms with Gasteiger partial charge >= 0.3 is 5.69 Å². The highest BCUT2D eigenvalue weighted by Gasteiger charge is 2.23. The first-order valence-corrected chi connectivity index (χ1v) is 7.53. The lowest BCUT2D eigenvalue weighted by molar-refractivity contribution is -0.385. The first-order chi connectivity index (χ1) is 9.22. The van der Waals surface area contributed by atoms with Gasteiger partial charge in [-0.05, 0) is 18.6 Å². The van der Waals surface area contributed by atoms with Crippen molar-refractivity contribution in [2.45, 2.75) is 6.42 Å². The van der Waals surface area contributed by atoms with E-state index in [0.717, 1.165) is 0 Å². The fourth-order valence-electron chi connectivity index (χ4n) is 1.45. The number of benzene rings is 1. The fourth-order valence-corrected chi connectivity index (χ4v) is 2.24. The number of nitrogens with zero attached hydrogens (tertiary/aromatic N) is 1. The predicted octanol–water partition coefficient (Wildman–Crippen LogP) is 0.657. The van der Waals surface area contributed by atoms with E-state index in [1.54, 1.807) is 0 Å². The molecule has 0 aliphatic heterocycles. The molecule has 0 saturated carbocycles. The summed E-state index contributed by atoms with van der Waals surface area (Å²) in [5.41, 5.74) is -0.670. The number of sulfonamides is 1. The zero-order chi connectivity index (χ0) is 15.3. The van der Waals surface area contributed by atoms with Crippen LogP contribution in [-0.4, -0.2) is 31.5 Å².